The van der Waals surface area contributed by atoms with Crippen molar-refractivity contribution in [3.05, 3.63) is 12.2 Å². The molecule has 1 aromatic heterocycles. The highest BCUT2D eigenvalue weighted by Crippen LogP contribution is 2.02. The van der Waals surface area contributed by atoms with Crippen LogP contribution in [-0.2, 0) is 17.8 Å². The highest BCUT2D eigenvalue weighted by Gasteiger charge is 2.07. The van der Waals surface area contributed by atoms with E-state index in [4.69, 9.17) is 4.74 Å². The Balaban J connectivity index is 2.38. The van der Waals surface area contributed by atoms with Gasteiger partial charge in [-0.05, 0) is 19.3 Å². The summed E-state index contributed by atoms with van der Waals surface area (Å²) in [5.74, 6) is 1.59. The molecule has 0 aliphatic carbocycles. The SMILES string of the molecule is COCCC(C)NCc1ncnn1CC(C)C. The zero-order valence-corrected chi connectivity index (χ0v) is 11.3. The van der Waals surface area contributed by atoms with Crippen molar-refractivity contribution in [3.8, 4) is 0 Å². The first-order valence-corrected chi connectivity index (χ1v) is 6.22. The lowest BCUT2D eigenvalue weighted by atomic mass is 10.2. The van der Waals surface area contributed by atoms with Crippen molar-refractivity contribution < 1.29 is 4.74 Å². The van der Waals surface area contributed by atoms with Crippen molar-refractivity contribution in [2.45, 2.75) is 46.3 Å². The van der Waals surface area contributed by atoms with Gasteiger partial charge in [-0.25, -0.2) is 9.67 Å². The number of hydrogen-bond donors (Lipinski definition) is 1. The Hall–Kier alpha value is -0.940. The lowest BCUT2D eigenvalue weighted by molar-refractivity contribution is 0.184. The molecule has 5 heteroatoms. The number of aromatic nitrogens is 3. The Morgan fingerprint density at radius 2 is 2.18 bits per heavy atom. The number of rotatable bonds is 8. The van der Waals surface area contributed by atoms with Crippen LogP contribution in [0.5, 0.6) is 0 Å². The largest absolute Gasteiger partial charge is 0.385 e. The molecule has 0 aromatic carbocycles. The molecule has 0 aliphatic heterocycles. The van der Waals surface area contributed by atoms with Gasteiger partial charge in [0.25, 0.3) is 0 Å². The summed E-state index contributed by atoms with van der Waals surface area (Å²) >= 11 is 0. The minimum Gasteiger partial charge on any atom is -0.385 e. The maximum Gasteiger partial charge on any atom is 0.140 e. The number of nitrogens with one attached hydrogen (secondary N) is 1. The summed E-state index contributed by atoms with van der Waals surface area (Å²) in [5.41, 5.74) is 0. The zero-order valence-electron chi connectivity index (χ0n) is 11.3. The van der Waals surface area contributed by atoms with Gasteiger partial charge in [0.15, 0.2) is 0 Å². The second kappa shape index (κ2) is 7.40. The minimum atomic E-state index is 0.430. The number of methoxy groups -OCH3 is 1. The van der Waals surface area contributed by atoms with Crippen molar-refractivity contribution in [1.29, 1.82) is 0 Å². The normalized spacial score (nSPS) is 13.2. The van der Waals surface area contributed by atoms with Crippen LogP contribution in [0.3, 0.4) is 0 Å². The van der Waals surface area contributed by atoms with Crippen LogP contribution >= 0.6 is 0 Å². The summed E-state index contributed by atoms with van der Waals surface area (Å²) in [6, 6.07) is 0.430. The summed E-state index contributed by atoms with van der Waals surface area (Å²) in [6.45, 7) is 8.98. The van der Waals surface area contributed by atoms with E-state index in [1.54, 1.807) is 13.4 Å². The summed E-state index contributed by atoms with van der Waals surface area (Å²) < 4.78 is 7.03. The van der Waals surface area contributed by atoms with Crippen LogP contribution in [0.15, 0.2) is 6.33 Å². The third kappa shape index (κ3) is 5.28. The quantitative estimate of drug-likeness (QED) is 0.747. The molecule has 98 valence electrons. The maximum absolute atomic E-state index is 5.05. The second-order valence-corrected chi connectivity index (χ2v) is 4.82. The van der Waals surface area contributed by atoms with E-state index in [0.29, 0.717) is 12.0 Å². The van der Waals surface area contributed by atoms with Crippen molar-refractivity contribution in [2.24, 2.45) is 5.92 Å². The first-order valence-electron chi connectivity index (χ1n) is 6.22. The average molecular weight is 240 g/mol. The third-order valence-corrected chi connectivity index (χ3v) is 2.60. The van der Waals surface area contributed by atoms with Crippen molar-refractivity contribution in [2.75, 3.05) is 13.7 Å². The molecule has 0 saturated heterocycles. The van der Waals surface area contributed by atoms with Crippen LogP contribution in [0.4, 0.5) is 0 Å². The topological polar surface area (TPSA) is 52.0 Å². The number of nitrogens with zero attached hydrogens (tertiary/aromatic N) is 3. The second-order valence-electron chi connectivity index (χ2n) is 4.82. The maximum atomic E-state index is 5.05. The molecular formula is C12H24N4O. The fraction of sp³-hybridized carbons (Fsp3) is 0.833. The Kier molecular flexibility index (Phi) is 6.15. The molecule has 17 heavy (non-hydrogen) atoms. The standard InChI is InChI=1S/C12H24N4O/c1-10(2)8-16-12(14-9-15-16)7-13-11(3)5-6-17-4/h9-11,13H,5-8H2,1-4H3. The van der Waals surface area contributed by atoms with Gasteiger partial charge in [0.1, 0.15) is 12.2 Å². The van der Waals surface area contributed by atoms with Gasteiger partial charge in [-0.2, -0.15) is 5.10 Å². The van der Waals surface area contributed by atoms with Crippen LogP contribution in [0.2, 0.25) is 0 Å². The molecule has 0 fully saturated rings. The summed E-state index contributed by atoms with van der Waals surface area (Å²) in [4.78, 5) is 4.28. The van der Waals surface area contributed by atoms with Gasteiger partial charge in [0, 0.05) is 26.3 Å². The Bertz CT molecular complexity index is 311. The van der Waals surface area contributed by atoms with Gasteiger partial charge in [-0.1, -0.05) is 13.8 Å². The fourth-order valence-corrected chi connectivity index (χ4v) is 1.59. The zero-order chi connectivity index (χ0) is 12.7. The molecule has 1 aromatic rings. The van der Waals surface area contributed by atoms with E-state index in [1.165, 1.54) is 0 Å². The summed E-state index contributed by atoms with van der Waals surface area (Å²) in [7, 11) is 1.73. The molecular weight excluding hydrogens is 216 g/mol. The molecule has 0 bridgehead atoms. The van der Waals surface area contributed by atoms with Crippen LogP contribution in [-0.4, -0.2) is 34.5 Å². The molecule has 0 radical (unpaired) electrons. The van der Waals surface area contributed by atoms with Crippen molar-refractivity contribution in [3.63, 3.8) is 0 Å². The molecule has 0 aliphatic rings. The van der Waals surface area contributed by atoms with Gasteiger partial charge in [-0.15, -0.1) is 0 Å². The van der Waals surface area contributed by atoms with Gasteiger partial charge in [0.05, 0.1) is 6.54 Å². The predicted octanol–water partition coefficient (Wildman–Crippen LogP) is 1.45. The van der Waals surface area contributed by atoms with E-state index in [0.717, 1.165) is 31.9 Å². The minimum absolute atomic E-state index is 0.430. The van der Waals surface area contributed by atoms with Crippen LogP contribution < -0.4 is 5.32 Å². The molecule has 1 unspecified atom stereocenters. The highest BCUT2D eigenvalue weighted by molar-refractivity contribution is 4.84. The Morgan fingerprint density at radius 1 is 1.41 bits per heavy atom. The van der Waals surface area contributed by atoms with Crippen molar-refractivity contribution >= 4 is 0 Å². The van der Waals surface area contributed by atoms with E-state index in [9.17, 15) is 0 Å². The Morgan fingerprint density at radius 3 is 2.82 bits per heavy atom. The van der Waals surface area contributed by atoms with E-state index in [2.05, 4.69) is 36.2 Å². The fourth-order valence-electron chi connectivity index (χ4n) is 1.59. The smallest absolute Gasteiger partial charge is 0.140 e. The lowest BCUT2D eigenvalue weighted by Gasteiger charge is -2.14. The van der Waals surface area contributed by atoms with Gasteiger partial charge in [0.2, 0.25) is 0 Å². The van der Waals surface area contributed by atoms with E-state index < -0.39 is 0 Å². The van der Waals surface area contributed by atoms with Crippen LogP contribution in [0.25, 0.3) is 0 Å². The molecule has 0 saturated carbocycles. The Labute approximate surface area is 104 Å². The van der Waals surface area contributed by atoms with E-state index in [1.807, 2.05) is 4.68 Å². The number of ether oxygens (including phenoxy) is 1. The first-order chi connectivity index (χ1) is 8.13. The molecule has 1 atom stereocenters. The number of hydrogen-bond acceptors (Lipinski definition) is 4. The molecule has 1 rings (SSSR count). The predicted molar refractivity (Wildman–Crippen MR) is 67.7 cm³/mol. The van der Waals surface area contributed by atoms with Crippen LogP contribution in [0.1, 0.15) is 33.0 Å². The molecule has 1 heterocycles. The molecule has 5 nitrogen and oxygen atoms in total. The van der Waals surface area contributed by atoms with Crippen LogP contribution in [0, 0.1) is 5.92 Å². The molecule has 0 spiro atoms. The third-order valence-electron chi connectivity index (χ3n) is 2.60. The first kappa shape index (κ1) is 14.1. The molecule has 1 N–H and O–H groups in total. The van der Waals surface area contributed by atoms with Gasteiger partial charge < -0.3 is 10.1 Å². The van der Waals surface area contributed by atoms with E-state index >= 15 is 0 Å². The van der Waals surface area contributed by atoms with Gasteiger partial charge in [-0.3, -0.25) is 0 Å². The lowest BCUT2D eigenvalue weighted by Crippen LogP contribution is -2.28. The highest BCUT2D eigenvalue weighted by atomic mass is 16.5. The summed E-state index contributed by atoms with van der Waals surface area (Å²) in [5, 5.41) is 7.67. The molecule has 0 amide bonds. The van der Waals surface area contributed by atoms with Gasteiger partial charge >= 0.3 is 0 Å². The van der Waals surface area contributed by atoms with Crippen molar-refractivity contribution in [1.82, 2.24) is 20.1 Å². The van der Waals surface area contributed by atoms with E-state index in [-0.39, 0.29) is 0 Å². The monoisotopic (exact) mass is 240 g/mol. The summed E-state index contributed by atoms with van der Waals surface area (Å²) in [6.07, 6.45) is 2.63. The average Bonchev–Trinajstić information content (AvgIpc) is 2.70.